The van der Waals surface area contributed by atoms with E-state index in [0.717, 1.165) is 95.1 Å². The van der Waals surface area contributed by atoms with Gasteiger partial charge in [-0.2, -0.15) is 57.9 Å². The van der Waals surface area contributed by atoms with Crippen LogP contribution in [0.3, 0.4) is 0 Å². The minimum Gasteiger partial charge on any atom is -0.306 e. The predicted octanol–water partition coefficient (Wildman–Crippen LogP) is 21.6. The zero-order valence-corrected chi connectivity index (χ0v) is 44.8. The molecule has 0 aliphatic carbocycles. The summed E-state index contributed by atoms with van der Waals surface area (Å²) >= 11 is 0. The maximum absolute atomic E-state index is 15.0. The first-order valence-electron chi connectivity index (χ1n) is 27.1. The van der Waals surface area contributed by atoms with Crippen LogP contribution in [0.25, 0.3) is 127 Å². The summed E-state index contributed by atoms with van der Waals surface area (Å²) in [7, 11) is 0. The minimum absolute atomic E-state index is 0.00107. The molecule has 14 aromatic rings. The normalized spacial score (nSPS) is 12.6. The molecule has 0 saturated carbocycles. The van der Waals surface area contributed by atoms with Crippen molar-refractivity contribution >= 4 is 65.4 Å². The monoisotopic (exact) mass is 1170 g/mol. The Labute approximate surface area is 485 Å². The Hall–Kier alpha value is -10.5. The van der Waals surface area contributed by atoms with Gasteiger partial charge in [0.05, 0.1) is 78.0 Å². The molecular weight excluding hydrogens is 1140 g/mol. The van der Waals surface area contributed by atoms with Crippen molar-refractivity contribution in [2.45, 2.75) is 24.7 Å². The quantitative estimate of drug-likeness (QED) is 0.147. The van der Waals surface area contributed by atoms with Crippen molar-refractivity contribution < 1.29 is 52.7 Å². The van der Waals surface area contributed by atoms with Gasteiger partial charge < -0.3 is 13.7 Å². The smallest absolute Gasteiger partial charge is 0.306 e. The minimum atomic E-state index is -4.99. The molecule has 0 fully saturated rings. The first-order chi connectivity index (χ1) is 41.7. The van der Waals surface area contributed by atoms with E-state index in [4.69, 9.17) is 0 Å². The lowest BCUT2D eigenvalue weighted by atomic mass is 9.87. The second-order valence-electron chi connectivity index (χ2n) is 21.1. The fraction of sp³-hybridized carbons (Fsp3) is 0.0563. The summed E-state index contributed by atoms with van der Waals surface area (Å²) in [6, 6.07) is 60.6. The van der Waals surface area contributed by atoms with E-state index in [1.54, 1.807) is 60.7 Å². The molecule has 11 aromatic carbocycles. The molecule has 0 unspecified atom stereocenters. The van der Waals surface area contributed by atoms with Gasteiger partial charge in [0.25, 0.3) is 0 Å². The number of hydrogen-bond acceptors (Lipinski definition) is 1. The maximum Gasteiger partial charge on any atom is 0.416 e. The van der Waals surface area contributed by atoms with Crippen molar-refractivity contribution in [2.75, 3.05) is 0 Å². The highest BCUT2D eigenvalue weighted by Crippen LogP contribution is 2.54. The van der Waals surface area contributed by atoms with Gasteiger partial charge in [0, 0.05) is 43.4 Å². The summed E-state index contributed by atoms with van der Waals surface area (Å²) in [5, 5.41) is 12.4. The van der Waals surface area contributed by atoms with Gasteiger partial charge >= 0.3 is 24.7 Å². The van der Waals surface area contributed by atoms with E-state index < -0.39 is 47.0 Å². The van der Waals surface area contributed by atoms with Crippen LogP contribution >= 0.6 is 0 Å². The van der Waals surface area contributed by atoms with Crippen LogP contribution in [-0.4, -0.2) is 13.7 Å². The average Bonchev–Trinajstić information content (AvgIpc) is 1.61. The number of benzene rings is 11. The molecule has 0 atom stereocenters. The SMILES string of the molecule is N#Cc1c(-c2ccccc2)c(-n2c3ccc(C(F)(F)F)cc3c3cc(C(F)(F)F)ccc32)c(-n2c3ccc(-c4ccccc4)cc3c3cc(-c4ccccc4)ccc32)c(-n2c3ccc(C(F)(F)F)cc3c3cc(C(F)(F)F)ccc32)c1-c1ccccc1. The molecule has 14 rings (SSSR count). The van der Waals surface area contributed by atoms with Crippen molar-refractivity contribution in [3.05, 3.63) is 258 Å². The Morgan fingerprint density at radius 1 is 0.253 bits per heavy atom. The number of aromatic nitrogens is 3. The summed E-state index contributed by atoms with van der Waals surface area (Å²) in [6.45, 7) is 0. The lowest BCUT2D eigenvalue weighted by Gasteiger charge is -2.29. The number of nitrogens with zero attached hydrogens (tertiary/aromatic N) is 4. The van der Waals surface area contributed by atoms with Crippen LogP contribution in [0, 0.1) is 11.3 Å². The van der Waals surface area contributed by atoms with Gasteiger partial charge in [0.15, 0.2) is 0 Å². The van der Waals surface area contributed by atoms with Crippen molar-refractivity contribution in [3.63, 3.8) is 0 Å². The van der Waals surface area contributed by atoms with Gasteiger partial charge in [-0.15, -0.1) is 0 Å². The number of rotatable bonds is 7. The second kappa shape index (κ2) is 19.8. The molecule has 0 aliphatic rings. The number of nitriles is 1. The first kappa shape index (κ1) is 54.4. The molecule has 0 bridgehead atoms. The molecule has 0 spiro atoms. The molecule has 3 aromatic heterocycles. The molecular formula is C71H38F12N4. The summed E-state index contributed by atoms with van der Waals surface area (Å²) in [5.74, 6) is 0. The average molecular weight is 1180 g/mol. The molecule has 3 heterocycles. The molecule has 16 heteroatoms. The molecule has 87 heavy (non-hydrogen) atoms. The zero-order chi connectivity index (χ0) is 60.5. The van der Waals surface area contributed by atoms with E-state index in [1.807, 2.05) is 102 Å². The Balaban J connectivity index is 1.31. The fourth-order valence-corrected chi connectivity index (χ4v) is 12.4. The maximum atomic E-state index is 15.0. The Morgan fingerprint density at radius 2 is 0.494 bits per heavy atom. The third-order valence-electron chi connectivity index (χ3n) is 16.1. The van der Waals surface area contributed by atoms with Gasteiger partial charge in [0.1, 0.15) is 6.07 Å². The summed E-state index contributed by atoms with van der Waals surface area (Å²) < 4.78 is 185. The van der Waals surface area contributed by atoms with Crippen LogP contribution < -0.4 is 0 Å². The number of alkyl halides is 12. The van der Waals surface area contributed by atoms with E-state index in [0.29, 0.717) is 32.9 Å². The summed E-state index contributed by atoms with van der Waals surface area (Å²) in [6.07, 6.45) is -20.0. The highest BCUT2D eigenvalue weighted by molar-refractivity contribution is 6.17. The first-order valence-corrected chi connectivity index (χ1v) is 27.1. The molecule has 426 valence electrons. The molecule has 4 nitrogen and oxygen atoms in total. The van der Waals surface area contributed by atoms with Crippen LogP contribution in [0.15, 0.2) is 231 Å². The predicted molar refractivity (Wildman–Crippen MR) is 316 cm³/mol. The van der Waals surface area contributed by atoms with Crippen LogP contribution in [-0.2, 0) is 24.7 Å². The van der Waals surface area contributed by atoms with Gasteiger partial charge in [-0.1, -0.05) is 133 Å². The number of fused-ring (bicyclic) bond motifs is 9. The topological polar surface area (TPSA) is 38.6 Å². The molecule has 0 saturated heterocycles. The van der Waals surface area contributed by atoms with Gasteiger partial charge in [-0.3, -0.25) is 0 Å². The van der Waals surface area contributed by atoms with E-state index in [2.05, 4.69) is 6.07 Å². The lowest BCUT2D eigenvalue weighted by molar-refractivity contribution is -0.138. The molecule has 0 radical (unpaired) electrons. The van der Waals surface area contributed by atoms with Crippen LogP contribution in [0.4, 0.5) is 52.7 Å². The highest BCUT2D eigenvalue weighted by Gasteiger charge is 2.39. The van der Waals surface area contributed by atoms with E-state index >= 15 is 52.7 Å². The summed E-state index contributed by atoms with van der Waals surface area (Å²) in [4.78, 5) is 0. The number of halogens is 12. The van der Waals surface area contributed by atoms with E-state index in [-0.39, 0.29) is 77.4 Å². The van der Waals surface area contributed by atoms with E-state index in [1.165, 1.54) is 9.13 Å². The fourth-order valence-electron chi connectivity index (χ4n) is 12.4. The third-order valence-corrected chi connectivity index (χ3v) is 16.1. The van der Waals surface area contributed by atoms with Crippen molar-refractivity contribution in [1.82, 2.24) is 13.7 Å². The summed E-state index contributed by atoms with van der Waals surface area (Å²) in [5.41, 5.74) is 0.0592. The molecule has 0 aliphatic heterocycles. The second-order valence-corrected chi connectivity index (χ2v) is 21.1. The standard InChI is InChI=1S/C71H38F12N4/c72-68(73,74)46-23-29-59-52(35-46)53-36-47(69(75,76)77)24-30-60(53)85(59)65-63(42-17-9-3-10-18-42)56(39-84)64(43-19-11-4-12-20-43)66(86-61-31-25-48(70(78,79)80)37-54(61)55-38-49(71(81,82)83)26-32-62(55)86)67(65)87-57-27-21-44(40-13-5-1-6-14-40)33-50(57)51-34-45(22-28-58(51)87)41-15-7-2-8-16-41/h1-38H. The zero-order valence-electron chi connectivity index (χ0n) is 44.8. The largest absolute Gasteiger partial charge is 0.416 e. The Bertz CT molecular complexity index is 4690. The van der Waals surface area contributed by atoms with Crippen molar-refractivity contribution in [2.24, 2.45) is 0 Å². The van der Waals surface area contributed by atoms with Gasteiger partial charge in [-0.05, 0) is 130 Å². The van der Waals surface area contributed by atoms with Crippen LogP contribution in [0.5, 0.6) is 0 Å². The van der Waals surface area contributed by atoms with Gasteiger partial charge in [0.2, 0.25) is 0 Å². The molecule has 0 amide bonds. The van der Waals surface area contributed by atoms with Crippen LogP contribution in [0.2, 0.25) is 0 Å². The van der Waals surface area contributed by atoms with Crippen LogP contribution in [0.1, 0.15) is 27.8 Å². The van der Waals surface area contributed by atoms with E-state index in [9.17, 15) is 5.26 Å². The number of hydrogen-bond donors (Lipinski definition) is 0. The third kappa shape index (κ3) is 8.94. The highest BCUT2D eigenvalue weighted by atomic mass is 19.4. The Kier molecular flexibility index (Phi) is 12.4. The van der Waals surface area contributed by atoms with Crippen molar-refractivity contribution in [3.8, 4) is 67.6 Å². The molecule has 0 N–H and O–H groups in total. The van der Waals surface area contributed by atoms with Crippen molar-refractivity contribution in [1.29, 1.82) is 5.26 Å². The Morgan fingerprint density at radius 3 is 0.759 bits per heavy atom. The lowest BCUT2D eigenvalue weighted by Crippen LogP contribution is -2.14. The van der Waals surface area contributed by atoms with Gasteiger partial charge in [-0.25, -0.2) is 0 Å².